The van der Waals surface area contributed by atoms with Crippen LogP contribution in [0.3, 0.4) is 0 Å². The van der Waals surface area contributed by atoms with Crippen LogP contribution >= 0.6 is 0 Å². The topological polar surface area (TPSA) is 41.6 Å². The summed E-state index contributed by atoms with van der Waals surface area (Å²) in [6.45, 7) is 9.36. The Morgan fingerprint density at radius 1 is 1.07 bits per heavy atom. The largest absolute Gasteiger partial charge is 0.488 e. The van der Waals surface area contributed by atoms with Gasteiger partial charge in [0.15, 0.2) is 0 Å². The predicted molar refractivity (Wildman–Crippen MR) is 113 cm³/mol. The average molecular weight is 381 g/mol. The molecule has 1 aliphatic rings. The van der Waals surface area contributed by atoms with E-state index in [4.69, 9.17) is 4.74 Å². The maximum Gasteiger partial charge on any atom is 0.225 e. The van der Waals surface area contributed by atoms with Crippen LogP contribution in [-0.4, -0.2) is 30.9 Å². The molecule has 0 bridgehead atoms. The Balaban J connectivity index is 1.65. The molecule has 0 unspecified atom stereocenters. The molecule has 1 saturated heterocycles. The van der Waals surface area contributed by atoms with Crippen LogP contribution in [-0.2, 0) is 17.9 Å². The van der Waals surface area contributed by atoms with E-state index in [-0.39, 0.29) is 11.8 Å². The van der Waals surface area contributed by atoms with Crippen LogP contribution in [0.2, 0.25) is 0 Å². The Hall–Kier alpha value is -2.33. The molecule has 0 atom stereocenters. The number of hydrogen-bond donors (Lipinski definition) is 1. The lowest BCUT2D eigenvalue weighted by Crippen LogP contribution is -2.38. The number of benzene rings is 2. The molecule has 0 aromatic heterocycles. The fourth-order valence-corrected chi connectivity index (χ4v) is 4.01. The average Bonchev–Trinajstić information content (AvgIpc) is 2.68. The van der Waals surface area contributed by atoms with Gasteiger partial charge in [0, 0.05) is 19.5 Å². The van der Waals surface area contributed by atoms with Gasteiger partial charge in [0.05, 0.1) is 0 Å². The molecule has 1 N–H and O–H groups in total. The number of carbonyl (C=O) groups excluding carboxylic acids is 1. The summed E-state index contributed by atoms with van der Waals surface area (Å²) in [6.07, 6.45) is 1.87. The molecule has 1 fully saturated rings. The minimum absolute atomic E-state index is 0.158. The van der Waals surface area contributed by atoms with Crippen molar-refractivity contribution in [2.45, 2.75) is 46.8 Å². The van der Waals surface area contributed by atoms with E-state index < -0.39 is 0 Å². The third-order valence-electron chi connectivity index (χ3n) is 5.64. The highest BCUT2D eigenvalue weighted by molar-refractivity contribution is 5.78. The number of amides is 1. The summed E-state index contributed by atoms with van der Waals surface area (Å²) < 4.78 is 6.15. The number of rotatable bonds is 6. The number of hydrogen-bond acceptors (Lipinski definition) is 3. The SMILES string of the molecule is Cc1ccccc1COc1c(C)cc(CN(C)C(=O)C2CCNCC2)cc1C. The summed E-state index contributed by atoms with van der Waals surface area (Å²) in [7, 11) is 1.91. The number of piperidine rings is 1. The second-order valence-corrected chi connectivity index (χ2v) is 7.99. The summed E-state index contributed by atoms with van der Waals surface area (Å²) in [5, 5.41) is 3.32. The van der Waals surface area contributed by atoms with Crippen molar-refractivity contribution >= 4 is 5.91 Å². The first-order valence-electron chi connectivity index (χ1n) is 10.2. The van der Waals surface area contributed by atoms with Gasteiger partial charge in [-0.25, -0.2) is 0 Å². The lowest BCUT2D eigenvalue weighted by atomic mass is 9.96. The van der Waals surface area contributed by atoms with Gasteiger partial charge in [0.2, 0.25) is 5.91 Å². The summed E-state index contributed by atoms with van der Waals surface area (Å²) in [5.41, 5.74) is 5.84. The summed E-state index contributed by atoms with van der Waals surface area (Å²) in [5.74, 6) is 1.36. The third kappa shape index (κ3) is 4.93. The van der Waals surface area contributed by atoms with Gasteiger partial charge in [-0.05, 0) is 74.5 Å². The van der Waals surface area contributed by atoms with Crippen molar-refractivity contribution in [1.82, 2.24) is 10.2 Å². The molecule has 0 spiro atoms. The molecule has 0 saturated carbocycles. The normalized spacial score (nSPS) is 14.7. The first-order chi connectivity index (χ1) is 13.5. The molecule has 1 amide bonds. The van der Waals surface area contributed by atoms with Gasteiger partial charge in [-0.1, -0.05) is 36.4 Å². The monoisotopic (exact) mass is 380 g/mol. The Kier molecular flexibility index (Phi) is 6.74. The van der Waals surface area contributed by atoms with Crippen molar-refractivity contribution in [3.05, 3.63) is 64.2 Å². The third-order valence-corrected chi connectivity index (χ3v) is 5.64. The van der Waals surface area contributed by atoms with Crippen LogP contribution in [0.4, 0.5) is 0 Å². The van der Waals surface area contributed by atoms with Crippen LogP contribution in [0.1, 0.15) is 40.7 Å². The number of nitrogens with one attached hydrogen (secondary N) is 1. The second-order valence-electron chi connectivity index (χ2n) is 7.99. The Morgan fingerprint density at radius 3 is 2.36 bits per heavy atom. The highest BCUT2D eigenvalue weighted by atomic mass is 16.5. The van der Waals surface area contributed by atoms with Gasteiger partial charge in [0.25, 0.3) is 0 Å². The quantitative estimate of drug-likeness (QED) is 0.819. The molecule has 28 heavy (non-hydrogen) atoms. The Labute approximate surface area is 168 Å². The van der Waals surface area contributed by atoms with Gasteiger partial charge < -0.3 is 15.0 Å². The number of carbonyl (C=O) groups is 1. The van der Waals surface area contributed by atoms with Gasteiger partial charge in [0.1, 0.15) is 12.4 Å². The molecule has 4 nitrogen and oxygen atoms in total. The van der Waals surface area contributed by atoms with Crippen molar-refractivity contribution in [1.29, 1.82) is 0 Å². The Morgan fingerprint density at radius 2 is 1.71 bits per heavy atom. The minimum atomic E-state index is 0.158. The van der Waals surface area contributed by atoms with E-state index in [9.17, 15) is 4.79 Å². The molecule has 0 aliphatic carbocycles. The standard InChI is InChI=1S/C24H32N2O2/c1-17-7-5-6-8-22(17)16-28-23-18(2)13-20(14-19(23)3)15-26(4)24(27)21-9-11-25-12-10-21/h5-8,13-14,21,25H,9-12,15-16H2,1-4H3. The van der Waals surface area contributed by atoms with E-state index in [0.29, 0.717) is 13.2 Å². The molecule has 0 radical (unpaired) electrons. The van der Waals surface area contributed by atoms with Crippen molar-refractivity contribution < 1.29 is 9.53 Å². The number of nitrogens with zero attached hydrogens (tertiary/aromatic N) is 1. The van der Waals surface area contributed by atoms with E-state index in [0.717, 1.165) is 48.4 Å². The van der Waals surface area contributed by atoms with Crippen molar-refractivity contribution in [2.75, 3.05) is 20.1 Å². The van der Waals surface area contributed by atoms with Crippen LogP contribution in [0.15, 0.2) is 36.4 Å². The second kappa shape index (κ2) is 9.24. The van der Waals surface area contributed by atoms with E-state index in [2.05, 4.69) is 50.4 Å². The van der Waals surface area contributed by atoms with Crippen LogP contribution in [0.5, 0.6) is 5.75 Å². The van der Waals surface area contributed by atoms with Gasteiger partial charge in [-0.15, -0.1) is 0 Å². The summed E-state index contributed by atoms with van der Waals surface area (Å²) in [6, 6.07) is 12.6. The maximum atomic E-state index is 12.7. The highest BCUT2D eigenvalue weighted by Gasteiger charge is 2.24. The molecule has 1 aliphatic heterocycles. The van der Waals surface area contributed by atoms with E-state index in [1.165, 1.54) is 11.1 Å². The minimum Gasteiger partial charge on any atom is -0.488 e. The summed E-state index contributed by atoms with van der Waals surface area (Å²) >= 11 is 0. The van der Waals surface area contributed by atoms with E-state index in [1.54, 1.807) is 0 Å². The highest BCUT2D eigenvalue weighted by Crippen LogP contribution is 2.27. The molecular formula is C24H32N2O2. The molecule has 150 valence electrons. The first kappa shape index (κ1) is 20.4. The van der Waals surface area contributed by atoms with E-state index in [1.807, 2.05) is 24.1 Å². The molecule has 3 rings (SSSR count). The molecular weight excluding hydrogens is 348 g/mol. The maximum absolute atomic E-state index is 12.7. The smallest absolute Gasteiger partial charge is 0.225 e. The van der Waals surface area contributed by atoms with Gasteiger partial charge >= 0.3 is 0 Å². The lowest BCUT2D eigenvalue weighted by molar-refractivity contribution is -0.135. The Bertz CT molecular complexity index is 802. The zero-order valence-corrected chi connectivity index (χ0v) is 17.5. The zero-order valence-electron chi connectivity index (χ0n) is 17.5. The molecule has 1 heterocycles. The van der Waals surface area contributed by atoms with Crippen LogP contribution in [0, 0.1) is 26.7 Å². The van der Waals surface area contributed by atoms with Crippen molar-refractivity contribution in [3.63, 3.8) is 0 Å². The number of ether oxygens (including phenoxy) is 1. The fraction of sp³-hybridized carbons (Fsp3) is 0.458. The predicted octanol–water partition coefficient (Wildman–Crippen LogP) is 4.15. The molecule has 2 aromatic carbocycles. The summed E-state index contributed by atoms with van der Waals surface area (Å²) in [4.78, 5) is 14.6. The van der Waals surface area contributed by atoms with Gasteiger partial charge in [-0.2, -0.15) is 0 Å². The van der Waals surface area contributed by atoms with Crippen LogP contribution < -0.4 is 10.1 Å². The number of aryl methyl sites for hydroxylation is 3. The van der Waals surface area contributed by atoms with Crippen LogP contribution in [0.25, 0.3) is 0 Å². The molecule has 2 aromatic rings. The molecule has 4 heteroatoms. The first-order valence-corrected chi connectivity index (χ1v) is 10.2. The van der Waals surface area contributed by atoms with Crippen molar-refractivity contribution in [2.24, 2.45) is 5.92 Å². The lowest BCUT2D eigenvalue weighted by Gasteiger charge is -2.27. The fourth-order valence-electron chi connectivity index (χ4n) is 4.01. The van der Waals surface area contributed by atoms with Crippen molar-refractivity contribution in [3.8, 4) is 5.75 Å². The zero-order chi connectivity index (χ0) is 20.1. The van der Waals surface area contributed by atoms with E-state index >= 15 is 0 Å². The van der Waals surface area contributed by atoms with Gasteiger partial charge in [-0.3, -0.25) is 4.79 Å².